The van der Waals surface area contributed by atoms with E-state index in [0.29, 0.717) is 6.04 Å². The summed E-state index contributed by atoms with van der Waals surface area (Å²) in [5.74, 6) is 0.837. The van der Waals surface area contributed by atoms with Gasteiger partial charge in [0.05, 0.1) is 36.5 Å². The molecule has 0 saturated carbocycles. The van der Waals surface area contributed by atoms with Gasteiger partial charge in [0.25, 0.3) is 0 Å². The van der Waals surface area contributed by atoms with Crippen molar-refractivity contribution >= 4 is 22.5 Å². The van der Waals surface area contributed by atoms with Crippen LogP contribution in [0.25, 0.3) is 11.0 Å². The third kappa shape index (κ3) is 2.63. The molecular weight excluding hydrogens is 242 g/mol. The highest BCUT2D eigenvalue weighted by Gasteiger charge is 2.20. The van der Waals surface area contributed by atoms with Crippen molar-refractivity contribution < 1.29 is 4.74 Å². The van der Waals surface area contributed by atoms with Crippen LogP contribution >= 0.6 is 0 Å². The van der Waals surface area contributed by atoms with Crippen LogP contribution in [0.1, 0.15) is 13.8 Å². The van der Waals surface area contributed by atoms with Gasteiger partial charge in [0.1, 0.15) is 5.82 Å². The molecular formula is C13H21N5O. The fourth-order valence-corrected chi connectivity index (χ4v) is 1.90. The smallest absolute Gasteiger partial charge is 0.161 e. The van der Waals surface area contributed by atoms with Crippen LogP contribution in [0.4, 0.5) is 11.5 Å². The van der Waals surface area contributed by atoms with Gasteiger partial charge in [0.2, 0.25) is 0 Å². The molecule has 0 aliphatic carbocycles. The molecule has 0 spiro atoms. The van der Waals surface area contributed by atoms with Gasteiger partial charge < -0.3 is 15.4 Å². The number of pyridine rings is 1. The Balaban J connectivity index is 0.000000637. The average Bonchev–Trinajstić information content (AvgIpc) is 2.78. The number of aromatic nitrogens is 3. The Labute approximate surface area is 113 Å². The van der Waals surface area contributed by atoms with Gasteiger partial charge >= 0.3 is 0 Å². The predicted octanol–water partition coefficient (Wildman–Crippen LogP) is 1.85. The van der Waals surface area contributed by atoms with Crippen LogP contribution in [0.2, 0.25) is 0 Å². The molecule has 2 N–H and O–H groups in total. The molecule has 0 aromatic carbocycles. The number of hydrogen-bond acceptors (Lipinski definition) is 5. The fraction of sp³-hybridized carbons (Fsp3) is 0.538. The summed E-state index contributed by atoms with van der Waals surface area (Å²) in [4.78, 5) is 4.48. The highest BCUT2D eigenvalue weighted by atomic mass is 16.5. The Hall–Kier alpha value is -1.82. The van der Waals surface area contributed by atoms with Crippen molar-refractivity contribution in [3.05, 3.63) is 12.3 Å². The summed E-state index contributed by atoms with van der Waals surface area (Å²) in [7, 11) is 3.76. The Bertz CT molecular complexity index is 547. The number of hydrogen-bond donors (Lipinski definition) is 2. The number of nitrogens with zero attached hydrogens (tertiary/aromatic N) is 3. The quantitative estimate of drug-likeness (QED) is 0.884. The van der Waals surface area contributed by atoms with Gasteiger partial charge in [-0.3, -0.25) is 4.68 Å². The Morgan fingerprint density at radius 1 is 1.37 bits per heavy atom. The fourth-order valence-electron chi connectivity index (χ4n) is 1.90. The lowest BCUT2D eigenvalue weighted by Crippen LogP contribution is -2.40. The zero-order valence-electron chi connectivity index (χ0n) is 11.9. The Kier molecular flexibility index (Phi) is 4.21. The van der Waals surface area contributed by atoms with Crippen molar-refractivity contribution in [1.29, 1.82) is 0 Å². The van der Waals surface area contributed by atoms with E-state index in [1.54, 1.807) is 4.68 Å². The molecule has 2 aromatic heterocycles. The summed E-state index contributed by atoms with van der Waals surface area (Å²) >= 11 is 0. The van der Waals surface area contributed by atoms with Crippen LogP contribution in [-0.2, 0) is 11.8 Å². The number of aryl methyl sites for hydroxylation is 1. The van der Waals surface area contributed by atoms with E-state index in [2.05, 4.69) is 20.7 Å². The highest BCUT2D eigenvalue weighted by molar-refractivity contribution is 5.90. The molecule has 1 fully saturated rings. The third-order valence-corrected chi connectivity index (χ3v) is 2.96. The van der Waals surface area contributed by atoms with Crippen LogP contribution in [0.3, 0.4) is 0 Å². The van der Waals surface area contributed by atoms with Crippen molar-refractivity contribution in [2.24, 2.45) is 7.05 Å². The van der Waals surface area contributed by atoms with Crippen molar-refractivity contribution in [2.75, 3.05) is 30.9 Å². The summed E-state index contributed by atoms with van der Waals surface area (Å²) in [5, 5.41) is 11.8. The summed E-state index contributed by atoms with van der Waals surface area (Å²) in [6, 6.07) is 2.40. The Morgan fingerprint density at radius 2 is 2.11 bits per heavy atom. The predicted molar refractivity (Wildman–Crippen MR) is 77.6 cm³/mol. The van der Waals surface area contributed by atoms with Crippen LogP contribution in [0.5, 0.6) is 0 Å². The Morgan fingerprint density at radius 3 is 2.68 bits per heavy atom. The molecule has 0 bridgehead atoms. The third-order valence-electron chi connectivity index (χ3n) is 2.96. The highest BCUT2D eigenvalue weighted by Crippen LogP contribution is 2.26. The molecule has 19 heavy (non-hydrogen) atoms. The van der Waals surface area contributed by atoms with E-state index in [-0.39, 0.29) is 0 Å². The van der Waals surface area contributed by atoms with Gasteiger partial charge in [-0.15, -0.1) is 0 Å². The van der Waals surface area contributed by atoms with Gasteiger partial charge in [-0.25, -0.2) is 4.98 Å². The maximum atomic E-state index is 5.17. The maximum absolute atomic E-state index is 5.17. The van der Waals surface area contributed by atoms with Crippen molar-refractivity contribution in [3.63, 3.8) is 0 Å². The standard InChI is InChI=1S/C11H15N5O.C2H6/c1-12-10-3-9(14-7-5-17-6-7)8-4-13-16(2)11(8)15-10;1-2/h3-4,7H,5-6H2,1-2H3,(H2,12,14,15);1-2H3. The summed E-state index contributed by atoms with van der Waals surface area (Å²) in [6.45, 7) is 5.53. The second-order valence-corrected chi connectivity index (χ2v) is 4.19. The molecule has 6 nitrogen and oxygen atoms in total. The minimum Gasteiger partial charge on any atom is -0.377 e. The molecule has 0 radical (unpaired) electrons. The number of anilines is 2. The average molecular weight is 263 g/mol. The minimum atomic E-state index is 0.394. The molecule has 1 aliphatic rings. The lowest BCUT2D eigenvalue weighted by molar-refractivity contribution is 0.0211. The van der Waals surface area contributed by atoms with Crippen molar-refractivity contribution in [2.45, 2.75) is 19.9 Å². The molecule has 1 aliphatic heterocycles. The first-order chi connectivity index (χ1) is 9.28. The topological polar surface area (TPSA) is 64.0 Å². The molecule has 6 heteroatoms. The van der Waals surface area contributed by atoms with Gasteiger partial charge in [-0.05, 0) is 0 Å². The summed E-state index contributed by atoms with van der Waals surface area (Å²) in [5.41, 5.74) is 1.93. The maximum Gasteiger partial charge on any atom is 0.161 e. The van der Waals surface area contributed by atoms with E-state index in [0.717, 1.165) is 35.8 Å². The number of rotatable bonds is 3. The van der Waals surface area contributed by atoms with Gasteiger partial charge in [0, 0.05) is 20.2 Å². The van der Waals surface area contributed by atoms with E-state index in [1.165, 1.54) is 0 Å². The van der Waals surface area contributed by atoms with E-state index in [1.807, 2.05) is 40.2 Å². The molecule has 2 aromatic rings. The largest absolute Gasteiger partial charge is 0.377 e. The number of nitrogens with one attached hydrogen (secondary N) is 2. The zero-order valence-corrected chi connectivity index (χ0v) is 11.9. The van der Waals surface area contributed by atoms with Gasteiger partial charge in [-0.1, -0.05) is 13.8 Å². The van der Waals surface area contributed by atoms with Gasteiger partial charge in [-0.2, -0.15) is 5.10 Å². The van der Waals surface area contributed by atoms with Crippen LogP contribution in [0.15, 0.2) is 12.3 Å². The molecule has 104 valence electrons. The molecule has 0 unspecified atom stereocenters. The molecule has 3 heterocycles. The first-order valence-electron chi connectivity index (χ1n) is 6.62. The van der Waals surface area contributed by atoms with E-state index < -0.39 is 0 Å². The lowest BCUT2D eigenvalue weighted by atomic mass is 10.2. The van der Waals surface area contributed by atoms with E-state index in [4.69, 9.17) is 4.74 Å². The SMILES string of the molecule is CC.CNc1cc(NC2COC2)c2cnn(C)c2n1. The lowest BCUT2D eigenvalue weighted by Gasteiger charge is -2.28. The molecule has 1 saturated heterocycles. The van der Waals surface area contributed by atoms with Crippen molar-refractivity contribution in [3.8, 4) is 0 Å². The summed E-state index contributed by atoms with van der Waals surface area (Å²) < 4.78 is 6.94. The van der Waals surface area contributed by atoms with E-state index in [9.17, 15) is 0 Å². The van der Waals surface area contributed by atoms with Crippen LogP contribution < -0.4 is 10.6 Å². The second kappa shape index (κ2) is 5.88. The van der Waals surface area contributed by atoms with E-state index >= 15 is 0 Å². The summed E-state index contributed by atoms with van der Waals surface area (Å²) in [6.07, 6.45) is 1.84. The molecule has 0 amide bonds. The molecule has 0 atom stereocenters. The first-order valence-corrected chi connectivity index (χ1v) is 6.62. The van der Waals surface area contributed by atoms with Gasteiger partial charge in [0.15, 0.2) is 5.65 Å². The normalized spacial score (nSPS) is 14.5. The number of fused-ring (bicyclic) bond motifs is 1. The second-order valence-electron chi connectivity index (χ2n) is 4.19. The first kappa shape index (κ1) is 13.6. The number of ether oxygens (including phenoxy) is 1. The monoisotopic (exact) mass is 263 g/mol. The van der Waals surface area contributed by atoms with Crippen LogP contribution in [-0.4, -0.2) is 41.1 Å². The zero-order chi connectivity index (χ0) is 13.8. The molecule has 3 rings (SSSR count). The minimum absolute atomic E-state index is 0.394. The van der Waals surface area contributed by atoms with Crippen LogP contribution in [0, 0.1) is 0 Å². The van der Waals surface area contributed by atoms with Crippen molar-refractivity contribution in [1.82, 2.24) is 14.8 Å².